The minimum absolute atomic E-state index is 0.00818. The van der Waals surface area contributed by atoms with E-state index >= 15 is 0 Å². The summed E-state index contributed by atoms with van der Waals surface area (Å²) in [6.45, 7) is 6.95. The third kappa shape index (κ3) is 5.75. The molecule has 2 amide bonds. The Labute approximate surface area is 231 Å². The number of allylic oxidation sites excluding steroid dienone is 3. The van der Waals surface area contributed by atoms with Gasteiger partial charge in [-0.15, -0.1) is 0 Å². The fourth-order valence-corrected chi connectivity index (χ4v) is 6.02. The Morgan fingerprint density at radius 3 is 2.82 bits per heavy atom. The molecule has 8 heteroatoms. The van der Waals surface area contributed by atoms with E-state index in [9.17, 15) is 9.59 Å². The number of nitrogens with two attached hydrogens (primary N) is 1. The molecule has 0 aromatic heterocycles. The molecule has 5 aliphatic rings. The van der Waals surface area contributed by atoms with Gasteiger partial charge < -0.3 is 20.5 Å². The van der Waals surface area contributed by atoms with Gasteiger partial charge in [0, 0.05) is 35.5 Å². The van der Waals surface area contributed by atoms with Gasteiger partial charge in [-0.25, -0.2) is 4.99 Å². The zero-order valence-electron chi connectivity index (χ0n) is 23.2. The normalized spacial score (nSPS) is 31.6. The second-order valence-electron chi connectivity index (χ2n) is 11.1. The van der Waals surface area contributed by atoms with E-state index in [4.69, 9.17) is 20.2 Å². The lowest BCUT2D eigenvalue weighted by molar-refractivity contribution is -0.131. The van der Waals surface area contributed by atoms with Crippen LogP contribution in [0, 0.1) is 5.92 Å². The molecular weight excluding hydrogens is 492 g/mol. The number of aryl methyl sites for hydroxylation is 1. The van der Waals surface area contributed by atoms with Crippen LogP contribution in [0.15, 0.2) is 58.3 Å². The van der Waals surface area contributed by atoms with Crippen molar-refractivity contribution in [3.05, 3.63) is 64.5 Å². The van der Waals surface area contributed by atoms with Crippen LogP contribution in [0.25, 0.3) is 0 Å². The molecule has 4 atom stereocenters. The molecule has 1 fully saturated rings. The maximum atomic E-state index is 13.5. The molecule has 0 radical (unpaired) electrons. The SMILES string of the molecule is CC/C=C1/C2=C\C=C(/C)C(=O)NC3CCOc4ccc(cc43)CCCCC3CC(=O)N(C(N)=N3)C1C(C)CO2. The second kappa shape index (κ2) is 11.7. The van der Waals surface area contributed by atoms with Gasteiger partial charge in [-0.1, -0.05) is 44.6 Å². The summed E-state index contributed by atoms with van der Waals surface area (Å²) in [6.07, 6.45) is 11.3. The van der Waals surface area contributed by atoms with Gasteiger partial charge in [0.05, 0.1) is 31.3 Å². The van der Waals surface area contributed by atoms with Crippen LogP contribution in [0.4, 0.5) is 0 Å². The van der Waals surface area contributed by atoms with E-state index in [2.05, 4.69) is 37.4 Å². The number of guanidine groups is 1. The van der Waals surface area contributed by atoms with Gasteiger partial charge in [-0.05, 0) is 50.3 Å². The van der Waals surface area contributed by atoms with Crippen molar-refractivity contribution >= 4 is 17.8 Å². The van der Waals surface area contributed by atoms with Crippen molar-refractivity contribution in [2.45, 2.75) is 83.8 Å². The smallest absolute Gasteiger partial charge is 0.247 e. The number of nitrogens with zero attached hydrogens (tertiary/aromatic N) is 2. The van der Waals surface area contributed by atoms with Crippen LogP contribution >= 0.6 is 0 Å². The Kier molecular flexibility index (Phi) is 8.10. The van der Waals surface area contributed by atoms with E-state index < -0.39 is 0 Å². The summed E-state index contributed by atoms with van der Waals surface area (Å²) in [5.41, 5.74) is 10.2. The number of carbonyl (C=O) groups is 2. The molecule has 0 aliphatic carbocycles. The van der Waals surface area contributed by atoms with Crippen LogP contribution < -0.4 is 15.8 Å². The number of hydrogen-bond acceptors (Lipinski definition) is 6. The van der Waals surface area contributed by atoms with Gasteiger partial charge in [-0.2, -0.15) is 0 Å². The molecule has 1 saturated heterocycles. The molecule has 3 N–H and O–H groups in total. The monoisotopic (exact) mass is 532 g/mol. The number of nitrogens with one attached hydrogen (secondary N) is 1. The average molecular weight is 533 g/mol. The second-order valence-corrected chi connectivity index (χ2v) is 11.1. The van der Waals surface area contributed by atoms with E-state index in [0.29, 0.717) is 31.0 Å². The highest BCUT2D eigenvalue weighted by Crippen LogP contribution is 2.36. The Hall–Kier alpha value is -3.55. The first-order valence-electron chi connectivity index (χ1n) is 14.3. The third-order valence-electron chi connectivity index (χ3n) is 8.10. The van der Waals surface area contributed by atoms with Crippen molar-refractivity contribution in [2.24, 2.45) is 16.6 Å². The molecule has 6 rings (SSSR count). The van der Waals surface area contributed by atoms with Gasteiger partial charge in [0.2, 0.25) is 11.8 Å². The van der Waals surface area contributed by atoms with Crippen molar-refractivity contribution in [1.29, 1.82) is 0 Å². The van der Waals surface area contributed by atoms with E-state index in [1.54, 1.807) is 17.9 Å². The molecule has 208 valence electrons. The quantitative estimate of drug-likeness (QED) is 0.555. The van der Waals surface area contributed by atoms with E-state index in [0.717, 1.165) is 55.4 Å². The Bertz CT molecular complexity index is 1250. The number of benzene rings is 1. The fraction of sp³-hybridized carbons (Fsp3) is 0.516. The maximum Gasteiger partial charge on any atom is 0.247 e. The first-order chi connectivity index (χ1) is 18.9. The summed E-state index contributed by atoms with van der Waals surface area (Å²) in [4.78, 5) is 33.1. The number of ether oxygens (including phenoxy) is 2. The Morgan fingerprint density at radius 2 is 2.03 bits per heavy atom. The summed E-state index contributed by atoms with van der Waals surface area (Å²) >= 11 is 0. The van der Waals surface area contributed by atoms with Crippen LogP contribution in [-0.2, 0) is 20.7 Å². The van der Waals surface area contributed by atoms with Crippen molar-refractivity contribution in [1.82, 2.24) is 10.2 Å². The number of rotatable bonds is 1. The number of hydrogen-bond donors (Lipinski definition) is 2. The molecule has 1 aromatic rings. The van der Waals surface area contributed by atoms with Gasteiger partial charge in [-0.3, -0.25) is 14.5 Å². The molecule has 1 aromatic carbocycles. The summed E-state index contributed by atoms with van der Waals surface area (Å²) < 4.78 is 12.0. The topological polar surface area (TPSA) is 106 Å². The minimum Gasteiger partial charge on any atom is -0.493 e. The molecule has 5 aliphatic heterocycles. The van der Waals surface area contributed by atoms with Crippen LogP contribution in [-0.4, -0.2) is 48.0 Å². The molecule has 5 heterocycles. The van der Waals surface area contributed by atoms with Crippen LogP contribution in [0.3, 0.4) is 0 Å². The Morgan fingerprint density at radius 1 is 1.18 bits per heavy atom. The largest absolute Gasteiger partial charge is 0.493 e. The predicted octanol–water partition coefficient (Wildman–Crippen LogP) is 4.47. The van der Waals surface area contributed by atoms with Crippen LogP contribution in [0.5, 0.6) is 5.75 Å². The highest BCUT2D eigenvalue weighted by molar-refractivity contribution is 5.99. The van der Waals surface area contributed by atoms with E-state index in [1.807, 2.05) is 12.1 Å². The van der Waals surface area contributed by atoms with Gasteiger partial charge in [0.25, 0.3) is 0 Å². The number of carbonyl (C=O) groups excluding carboxylic acids is 2. The minimum atomic E-state index is -0.263. The standard InChI is InChI=1S/C31H40N4O4/c1-4-7-23-26-12-10-19(2)30(37)34-25-14-15-38-27-13-11-21(16-24(25)27)8-5-6-9-22-17-28(36)35(31(32)33-22)29(23)20(3)18-39-26/h7,10-13,16,20,22,25,29H,4-6,8-9,14-15,17-18H2,1-3H3,(H2,32,33)(H,34,37)/b19-10+,23-7-,26-12+. The number of fused-ring (bicyclic) bond motifs is 7. The molecule has 8 nitrogen and oxygen atoms in total. The first kappa shape index (κ1) is 27.0. The van der Waals surface area contributed by atoms with Crippen LogP contribution in [0.1, 0.15) is 76.5 Å². The van der Waals surface area contributed by atoms with Crippen molar-refractivity contribution in [3.63, 3.8) is 0 Å². The lowest BCUT2D eigenvalue weighted by Crippen LogP contribution is -2.56. The highest BCUT2D eigenvalue weighted by Gasteiger charge is 2.41. The summed E-state index contributed by atoms with van der Waals surface area (Å²) in [7, 11) is 0. The third-order valence-corrected chi connectivity index (χ3v) is 8.10. The predicted molar refractivity (Wildman–Crippen MR) is 151 cm³/mol. The van der Waals surface area contributed by atoms with Crippen LogP contribution in [0.2, 0.25) is 0 Å². The van der Waals surface area contributed by atoms with Gasteiger partial charge in [0.15, 0.2) is 5.96 Å². The molecule has 4 unspecified atom stereocenters. The Balaban J connectivity index is 1.52. The molecular formula is C31H40N4O4. The van der Waals surface area contributed by atoms with E-state index in [1.165, 1.54) is 5.56 Å². The maximum absolute atomic E-state index is 13.5. The molecule has 39 heavy (non-hydrogen) atoms. The van der Waals surface area contributed by atoms with Gasteiger partial charge in [0.1, 0.15) is 11.5 Å². The average Bonchev–Trinajstić information content (AvgIpc) is 2.91. The molecule has 0 saturated carbocycles. The summed E-state index contributed by atoms with van der Waals surface area (Å²) in [6, 6.07) is 5.83. The zero-order chi connectivity index (χ0) is 27.5. The fourth-order valence-electron chi connectivity index (χ4n) is 6.02. The zero-order valence-corrected chi connectivity index (χ0v) is 23.2. The summed E-state index contributed by atoms with van der Waals surface area (Å²) in [5, 5.41) is 3.22. The molecule has 6 bridgehead atoms. The van der Waals surface area contributed by atoms with Crippen molar-refractivity contribution < 1.29 is 19.1 Å². The lowest BCUT2D eigenvalue weighted by atomic mass is 9.87. The van der Waals surface area contributed by atoms with Gasteiger partial charge >= 0.3 is 0 Å². The van der Waals surface area contributed by atoms with Crippen molar-refractivity contribution in [2.75, 3.05) is 13.2 Å². The number of amides is 2. The van der Waals surface area contributed by atoms with E-state index in [-0.39, 0.29) is 41.8 Å². The summed E-state index contributed by atoms with van der Waals surface area (Å²) in [5.74, 6) is 1.70. The van der Waals surface area contributed by atoms with Crippen molar-refractivity contribution in [3.8, 4) is 5.75 Å². The molecule has 0 spiro atoms. The lowest BCUT2D eigenvalue weighted by Gasteiger charge is -2.42. The first-order valence-corrected chi connectivity index (χ1v) is 14.3. The highest BCUT2D eigenvalue weighted by atomic mass is 16.5. The number of aliphatic imine (C=N–C) groups is 1.